The van der Waals surface area contributed by atoms with Crippen molar-refractivity contribution in [3.8, 4) is 0 Å². The number of halogens is 3. The van der Waals surface area contributed by atoms with E-state index in [0.717, 1.165) is 0 Å². The summed E-state index contributed by atoms with van der Waals surface area (Å²) in [6.45, 7) is -1.55. The number of hydrogen-bond donors (Lipinski definition) is 2. The van der Waals surface area contributed by atoms with Crippen LogP contribution in [0.4, 0.5) is 13.2 Å². The SMILES string of the molecule is O=C(CNCC(F)(F)F)Nn1cccc1. The second kappa shape index (κ2) is 4.83. The Morgan fingerprint density at radius 1 is 1.27 bits per heavy atom. The van der Waals surface area contributed by atoms with Crippen LogP contribution in [-0.4, -0.2) is 29.8 Å². The molecule has 0 unspecified atom stereocenters. The van der Waals surface area contributed by atoms with E-state index in [2.05, 4.69) is 5.43 Å². The number of alkyl halides is 3. The van der Waals surface area contributed by atoms with Gasteiger partial charge in [0, 0.05) is 12.4 Å². The van der Waals surface area contributed by atoms with E-state index in [0.29, 0.717) is 0 Å². The predicted octanol–water partition coefficient (Wildman–Crippen LogP) is 0.710. The van der Waals surface area contributed by atoms with E-state index in [1.807, 2.05) is 5.32 Å². The zero-order chi connectivity index (χ0) is 11.3. The van der Waals surface area contributed by atoms with Gasteiger partial charge >= 0.3 is 6.18 Å². The number of carbonyl (C=O) groups is 1. The molecule has 0 saturated heterocycles. The molecule has 0 atom stereocenters. The normalized spacial score (nSPS) is 11.4. The molecule has 0 aromatic carbocycles. The molecule has 7 heteroatoms. The van der Waals surface area contributed by atoms with E-state index >= 15 is 0 Å². The summed E-state index contributed by atoms with van der Waals surface area (Å²) in [6, 6.07) is 3.37. The lowest BCUT2D eigenvalue weighted by Gasteiger charge is -2.09. The van der Waals surface area contributed by atoms with Crippen molar-refractivity contribution in [2.45, 2.75) is 6.18 Å². The first-order valence-corrected chi connectivity index (χ1v) is 4.18. The highest BCUT2D eigenvalue weighted by Crippen LogP contribution is 2.11. The molecule has 0 aliphatic carbocycles. The Balaban J connectivity index is 2.20. The molecule has 0 bridgehead atoms. The molecule has 1 rings (SSSR count). The van der Waals surface area contributed by atoms with Crippen molar-refractivity contribution in [2.75, 3.05) is 18.5 Å². The average molecular weight is 221 g/mol. The van der Waals surface area contributed by atoms with E-state index in [1.165, 1.54) is 4.68 Å². The topological polar surface area (TPSA) is 46.1 Å². The first-order chi connectivity index (χ1) is 6.97. The van der Waals surface area contributed by atoms with Gasteiger partial charge in [-0.05, 0) is 12.1 Å². The smallest absolute Gasteiger partial charge is 0.300 e. The van der Waals surface area contributed by atoms with E-state index in [9.17, 15) is 18.0 Å². The number of aromatic nitrogens is 1. The monoisotopic (exact) mass is 221 g/mol. The Labute approximate surface area is 84.0 Å². The lowest BCUT2D eigenvalue weighted by atomic mass is 10.5. The molecule has 0 radical (unpaired) electrons. The van der Waals surface area contributed by atoms with Crippen molar-refractivity contribution in [3.63, 3.8) is 0 Å². The molecular weight excluding hydrogens is 211 g/mol. The zero-order valence-corrected chi connectivity index (χ0v) is 7.71. The van der Waals surface area contributed by atoms with Gasteiger partial charge in [-0.3, -0.25) is 14.9 Å². The highest BCUT2D eigenvalue weighted by Gasteiger charge is 2.26. The third-order valence-electron chi connectivity index (χ3n) is 1.47. The summed E-state index contributed by atoms with van der Waals surface area (Å²) in [6.07, 6.45) is -1.16. The highest BCUT2D eigenvalue weighted by atomic mass is 19.4. The zero-order valence-electron chi connectivity index (χ0n) is 7.71. The quantitative estimate of drug-likeness (QED) is 0.786. The molecular formula is C8H10F3N3O. The highest BCUT2D eigenvalue weighted by molar-refractivity contribution is 5.85. The maximum absolute atomic E-state index is 11.7. The fourth-order valence-corrected chi connectivity index (χ4v) is 0.910. The minimum atomic E-state index is -4.30. The second-order valence-electron chi connectivity index (χ2n) is 2.84. The van der Waals surface area contributed by atoms with Crippen LogP contribution >= 0.6 is 0 Å². The summed E-state index contributed by atoms with van der Waals surface area (Å²) >= 11 is 0. The van der Waals surface area contributed by atoms with Gasteiger partial charge in [0.05, 0.1) is 13.1 Å². The lowest BCUT2D eigenvalue weighted by Crippen LogP contribution is -2.37. The van der Waals surface area contributed by atoms with Gasteiger partial charge in [-0.2, -0.15) is 13.2 Å². The van der Waals surface area contributed by atoms with Gasteiger partial charge < -0.3 is 5.32 Å². The van der Waals surface area contributed by atoms with E-state index in [-0.39, 0.29) is 6.54 Å². The molecule has 0 spiro atoms. The number of nitrogens with zero attached hydrogens (tertiary/aromatic N) is 1. The Bertz CT molecular complexity index is 307. The third-order valence-corrected chi connectivity index (χ3v) is 1.47. The molecule has 1 aromatic rings. The lowest BCUT2D eigenvalue weighted by molar-refractivity contribution is -0.127. The summed E-state index contributed by atoms with van der Waals surface area (Å²) < 4.78 is 36.4. The Hall–Kier alpha value is -1.50. The molecule has 0 aliphatic rings. The van der Waals surface area contributed by atoms with Crippen LogP contribution < -0.4 is 10.7 Å². The van der Waals surface area contributed by atoms with Gasteiger partial charge in [0.2, 0.25) is 0 Å². The summed E-state index contributed by atoms with van der Waals surface area (Å²) in [4.78, 5) is 11.0. The van der Waals surface area contributed by atoms with Gasteiger partial charge in [-0.15, -0.1) is 0 Å². The molecule has 0 fully saturated rings. The van der Waals surface area contributed by atoms with E-state index < -0.39 is 18.6 Å². The van der Waals surface area contributed by atoms with E-state index in [1.54, 1.807) is 24.5 Å². The standard InChI is InChI=1S/C8H10F3N3O/c9-8(10,11)6-12-5-7(15)13-14-3-1-2-4-14/h1-4,12H,5-6H2,(H,13,15). The molecule has 1 heterocycles. The van der Waals surface area contributed by atoms with Gasteiger partial charge in [0.25, 0.3) is 5.91 Å². The molecule has 1 aromatic heterocycles. The molecule has 84 valence electrons. The minimum absolute atomic E-state index is 0.377. The summed E-state index contributed by atoms with van der Waals surface area (Å²) in [5.74, 6) is -0.532. The summed E-state index contributed by atoms with van der Waals surface area (Å²) in [7, 11) is 0. The van der Waals surface area contributed by atoms with Crippen LogP contribution in [0.1, 0.15) is 0 Å². The van der Waals surface area contributed by atoms with Crippen molar-refractivity contribution in [1.82, 2.24) is 9.99 Å². The van der Waals surface area contributed by atoms with Crippen LogP contribution in [0.15, 0.2) is 24.5 Å². The maximum atomic E-state index is 11.7. The van der Waals surface area contributed by atoms with Crippen LogP contribution in [0.3, 0.4) is 0 Å². The van der Waals surface area contributed by atoms with Gasteiger partial charge in [-0.1, -0.05) is 0 Å². The fraction of sp³-hybridized carbons (Fsp3) is 0.375. The van der Waals surface area contributed by atoms with Crippen LogP contribution in [0.25, 0.3) is 0 Å². The Kier molecular flexibility index (Phi) is 3.73. The summed E-state index contributed by atoms with van der Waals surface area (Å²) in [5.41, 5.74) is 2.36. The number of rotatable bonds is 4. The van der Waals surface area contributed by atoms with Crippen LogP contribution in [-0.2, 0) is 4.79 Å². The maximum Gasteiger partial charge on any atom is 0.401 e. The predicted molar refractivity (Wildman–Crippen MR) is 47.7 cm³/mol. The van der Waals surface area contributed by atoms with Crippen LogP contribution in [0.2, 0.25) is 0 Å². The van der Waals surface area contributed by atoms with Crippen molar-refractivity contribution in [2.24, 2.45) is 0 Å². The Morgan fingerprint density at radius 3 is 2.40 bits per heavy atom. The Morgan fingerprint density at radius 2 is 1.87 bits per heavy atom. The fourth-order valence-electron chi connectivity index (χ4n) is 0.910. The van der Waals surface area contributed by atoms with Gasteiger partial charge in [-0.25, -0.2) is 0 Å². The number of hydrogen-bond acceptors (Lipinski definition) is 2. The third kappa shape index (κ3) is 5.06. The first-order valence-electron chi connectivity index (χ1n) is 4.18. The molecule has 4 nitrogen and oxygen atoms in total. The molecule has 0 saturated carbocycles. The van der Waals surface area contributed by atoms with Crippen molar-refractivity contribution in [3.05, 3.63) is 24.5 Å². The minimum Gasteiger partial charge on any atom is -0.300 e. The van der Waals surface area contributed by atoms with Gasteiger partial charge in [0.15, 0.2) is 0 Å². The van der Waals surface area contributed by atoms with E-state index in [4.69, 9.17) is 0 Å². The largest absolute Gasteiger partial charge is 0.401 e. The van der Waals surface area contributed by atoms with Gasteiger partial charge in [0.1, 0.15) is 0 Å². The average Bonchev–Trinajstić information content (AvgIpc) is 2.54. The van der Waals surface area contributed by atoms with Crippen LogP contribution in [0.5, 0.6) is 0 Å². The molecule has 1 amide bonds. The van der Waals surface area contributed by atoms with Crippen molar-refractivity contribution in [1.29, 1.82) is 0 Å². The first kappa shape index (κ1) is 11.6. The van der Waals surface area contributed by atoms with Crippen molar-refractivity contribution < 1.29 is 18.0 Å². The summed E-state index contributed by atoms with van der Waals surface area (Å²) in [5, 5.41) is 1.99. The number of nitrogens with one attached hydrogen (secondary N) is 2. The number of carbonyl (C=O) groups excluding carboxylic acids is 1. The molecule has 0 aliphatic heterocycles. The van der Waals surface area contributed by atoms with Crippen LogP contribution in [0, 0.1) is 0 Å². The second-order valence-corrected chi connectivity index (χ2v) is 2.84. The molecule has 2 N–H and O–H groups in total. The van der Waals surface area contributed by atoms with Crippen molar-refractivity contribution >= 4 is 5.91 Å². The number of amides is 1. The molecule has 15 heavy (non-hydrogen) atoms.